The van der Waals surface area contributed by atoms with Crippen molar-refractivity contribution in [1.29, 1.82) is 0 Å². The van der Waals surface area contributed by atoms with E-state index in [1.165, 1.54) is 12.4 Å². The van der Waals surface area contributed by atoms with Crippen LogP contribution >= 0.6 is 11.6 Å². The van der Waals surface area contributed by atoms with E-state index in [9.17, 15) is 4.79 Å². The van der Waals surface area contributed by atoms with E-state index < -0.39 is 0 Å². The second-order valence-electron chi connectivity index (χ2n) is 4.72. The van der Waals surface area contributed by atoms with Gasteiger partial charge < -0.3 is 10.6 Å². The van der Waals surface area contributed by atoms with Crippen LogP contribution in [0.3, 0.4) is 0 Å². The zero-order chi connectivity index (χ0) is 16.1. The molecule has 5 nitrogen and oxygen atoms in total. The van der Waals surface area contributed by atoms with Crippen LogP contribution < -0.4 is 10.6 Å². The summed E-state index contributed by atoms with van der Waals surface area (Å²) in [6.45, 7) is 0. The number of hydrogen-bond donors (Lipinski definition) is 2. The first-order valence-corrected chi connectivity index (χ1v) is 7.30. The fourth-order valence-electron chi connectivity index (χ4n) is 1.95. The third kappa shape index (κ3) is 3.84. The first-order chi connectivity index (χ1) is 11.2. The minimum absolute atomic E-state index is 0.303. The van der Waals surface area contributed by atoms with Gasteiger partial charge in [0.2, 0.25) is 5.95 Å². The van der Waals surface area contributed by atoms with Crippen LogP contribution in [0.5, 0.6) is 0 Å². The molecule has 3 rings (SSSR count). The monoisotopic (exact) mass is 324 g/mol. The Morgan fingerprint density at radius 1 is 0.870 bits per heavy atom. The van der Waals surface area contributed by atoms with Crippen molar-refractivity contribution in [2.24, 2.45) is 0 Å². The molecule has 0 aliphatic carbocycles. The lowest BCUT2D eigenvalue weighted by molar-refractivity contribution is 0.102. The number of carbonyl (C=O) groups is 1. The summed E-state index contributed by atoms with van der Waals surface area (Å²) < 4.78 is 0. The summed E-state index contributed by atoms with van der Waals surface area (Å²) in [6, 6.07) is 16.4. The second kappa shape index (κ2) is 6.89. The lowest BCUT2D eigenvalue weighted by Crippen LogP contribution is -2.13. The van der Waals surface area contributed by atoms with Crippen LogP contribution in [0.15, 0.2) is 67.0 Å². The van der Waals surface area contributed by atoms with E-state index in [1.807, 2.05) is 30.3 Å². The summed E-state index contributed by atoms with van der Waals surface area (Å²) >= 11 is 6.00. The van der Waals surface area contributed by atoms with Gasteiger partial charge in [0.1, 0.15) is 0 Å². The van der Waals surface area contributed by atoms with Crippen LogP contribution in [-0.2, 0) is 0 Å². The molecule has 0 radical (unpaired) electrons. The van der Waals surface area contributed by atoms with E-state index in [-0.39, 0.29) is 5.91 Å². The Balaban J connectivity index is 1.68. The highest BCUT2D eigenvalue weighted by atomic mass is 35.5. The van der Waals surface area contributed by atoms with Crippen LogP contribution in [0.4, 0.5) is 17.3 Å². The molecule has 1 aromatic heterocycles. The molecule has 0 fully saturated rings. The number of benzene rings is 2. The molecule has 114 valence electrons. The molecule has 3 aromatic rings. The average Bonchev–Trinajstić information content (AvgIpc) is 2.58. The fraction of sp³-hybridized carbons (Fsp3) is 0. The van der Waals surface area contributed by atoms with Gasteiger partial charge >= 0.3 is 0 Å². The summed E-state index contributed by atoms with van der Waals surface area (Å²) in [5.41, 5.74) is 1.79. The third-order valence-electron chi connectivity index (χ3n) is 3.06. The molecular weight excluding hydrogens is 312 g/mol. The number of anilines is 3. The number of nitrogens with one attached hydrogen (secondary N) is 2. The summed E-state index contributed by atoms with van der Waals surface area (Å²) in [5, 5.41) is 6.18. The Morgan fingerprint density at radius 2 is 1.52 bits per heavy atom. The first kappa shape index (κ1) is 15.0. The molecule has 0 spiro atoms. The molecule has 23 heavy (non-hydrogen) atoms. The Bertz CT molecular complexity index is 806. The zero-order valence-corrected chi connectivity index (χ0v) is 12.8. The van der Waals surface area contributed by atoms with Crippen LogP contribution in [0, 0.1) is 0 Å². The SMILES string of the molecule is O=C(Nc1cnc(Nc2ccccc2)nc1)c1ccccc1Cl. The highest BCUT2D eigenvalue weighted by Crippen LogP contribution is 2.17. The minimum Gasteiger partial charge on any atom is -0.324 e. The normalized spacial score (nSPS) is 10.1. The molecule has 0 saturated heterocycles. The van der Waals surface area contributed by atoms with Crippen molar-refractivity contribution < 1.29 is 4.79 Å². The largest absolute Gasteiger partial charge is 0.324 e. The van der Waals surface area contributed by atoms with Crippen molar-refractivity contribution >= 4 is 34.8 Å². The molecular formula is C17H13ClN4O. The molecule has 0 atom stereocenters. The van der Waals surface area contributed by atoms with Gasteiger partial charge in [0, 0.05) is 5.69 Å². The molecule has 0 bridgehead atoms. The van der Waals surface area contributed by atoms with Gasteiger partial charge in [-0.25, -0.2) is 9.97 Å². The number of halogens is 1. The van der Waals surface area contributed by atoms with Gasteiger partial charge in [0.15, 0.2) is 0 Å². The van der Waals surface area contributed by atoms with E-state index >= 15 is 0 Å². The van der Waals surface area contributed by atoms with Gasteiger partial charge in [-0.15, -0.1) is 0 Å². The molecule has 0 aliphatic heterocycles. The average molecular weight is 325 g/mol. The topological polar surface area (TPSA) is 66.9 Å². The highest BCUT2D eigenvalue weighted by molar-refractivity contribution is 6.34. The van der Waals surface area contributed by atoms with Gasteiger partial charge in [-0.1, -0.05) is 41.9 Å². The fourth-order valence-corrected chi connectivity index (χ4v) is 2.17. The number of para-hydroxylation sites is 1. The van der Waals surface area contributed by atoms with Crippen LogP contribution in [0.1, 0.15) is 10.4 Å². The maximum atomic E-state index is 12.1. The second-order valence-corrected chi connectivity index (χ2v) is 5.13. The van der Waals surface area contributed by atoms with Crippen molar-refractivity contribution in [1.82, 2.24) is 9.97 Å². The van der Waals surface area contributed by atoms with E-state index in [1.54, 1.807) is 24.3 Å². The van der Waals surface area contributed by atoms with Gasteiger partial charge in [0.05, 0.1) is 28.7 Å². The van der Waals surface area contributed by atoms with E-state index in [0.29, 0.717) is 22.2 Å². The van der Waals surface area contributed by atoms with E-state index in [4.69, 9.17) is 11.6 Å². The van der Waals surface area contributed by atoms with E-state index in [2.05, 4.69) is 20.6 Å². The third-order valence-corrected chi connectivity index (χ3v) is 3.39. The Labute approximate surface area is 138 Å². The minimum atomic E-state index is -0.303. The van der Waals surface area contributed by atoms with E-state index in [0.717, 1.165) is 5.69 Å². The van der Waals surface area contributed by atoms with Crippen molar-refractivity contribution in [2.75, 3.05) is 10.6 Å². The Kier molecular flexibility index (Phi) is 4.49. The van der Waals surface area contributed by atoms with Crippen molar-refractivity contribution in [3.63, 3.8) is 0 Å². The van der Waals surface area contributed by atoms with Gasteiger partial charge in [-0.3, -0.25) is 4.79 Å². The summed E-state index contributed by atoms with van der Waals surface area (Å²) in [4.78, 5) is 20.5. The molecule has 0 aliphatic rings. The lowest BCUT2D eigenvalue weighted by atomic mass is 10.2. The molecule has 2 aromatic carbocycles. The smallest absolute Gasteiger partial charge is 0.257 e. The molecule has 0 saturated carbocycles. The van der Waals surface area contributed by atoms with Crippen molar-refractivity contribution in [2.45, 2.75) is 0 Å². The summed E-state index contributed by atoms with van der Waals surface area (Å²) in [5.74, 6) is 0.148. The quantitative estimate of drug-likeness (QED) is 0.757. The number of hydrogen-bond acceptors (Lipinski definition) is 4. The molecule has 1 amide bonds. The number of carbonyl (C=O) groups excluding carboxylic acids is 1. The number of rotatable bonds is 4. The molecule has 2 N–H and O–H groups in total. The van der Waals surface area contributed by atoms with Gasteiger partial charge in [0.25, 0.3) is 5.91 Å². The molecule has 0 unspecified atom stereocenters. The number of amides is 1. The standard InChI is InChI=1S/C17H13ClN4O/c18-15-9-5-4-8-14(15)16(23)21-13-10-19-17(20-11-13)22-12-6-2-1-3-7-12/h1-11H,(H,21,23)(H,19,20,22). The Morgan fingerprint density at radius 3 is 2.22 bits per heavy atom. The number of aromatic nitrogens is 2. The van der Waals surface area contributed by atoms with Crippen LogP contribution in [0.2, 0.25) is 5.02 Å². The van der Waals surface area contributed by atoms with Gasteiger partial charge in [-0.05, 0) is 24.3 Å². The van der Waals surface area contributed by atoms with Crippen molar-refractivity contribution in [3.8, 4) is 0 Å². The highest BCUT2D eigenvalue weighted by Gasteiger charge is 2.10. The zero-order valence-electron chi connectivity index (χ0n) is 12.0. The molecule has 6 heteroatoms. The number of nitrogens with zero attached hydrogens (tertiary/aromatic N) is 2. The maximum absolute atomic E-state index is 12.1. The predicted octanol–water partition coefficient (Wildman–Crippen LogP) is 4.13. The lowest BCUT2D eigenvalue weighted by Gasteiger charge is -2.07. The summed E-state index contributed by atoms with van der Waals surface area (Å²) in [6.07, 6.45) is 3.07. The Hall–Kier alpha value is -2.92. The summed E-state index contributed by atoms with van der Waals surface area (Å²) in [7, 11) is 0. The van der Waals surface area contributed by atoms with Crippen LogP contribution in [0.25, 0.3) is 0 Å². The first-order valence-electron chi connectivity index (χ1n) is 6.92. The molecule has 1 heterocycles. The predicted molar refractivity (Wildman–Crippen MR) is 91.2 cm³/mol. The maximum Gasteiger partial charge on any atom is 0.257 e. The van der Waals surface area contributed by atoms with Crippen LogP contribution in [-0.4, -0.2) is 15.9 Å². The van der Waals surface area contributed by atoms with Gasteiger partial charge in [-0.2, -0.15) is 0 Å². The van der Waals surface area contributed by atoms with Crippen molar-refractivity contribution in [3.05, 3.63) is 77.6 Å².